The van der Waals surface area contributed by atoms with Crippen LogP contribution in [0.4, 0.5) is 11.4 Å². The number of nitrogens with one attached hydrogen (secondary N) is 1. The average molecular weight is 624 g/mol. The molecule has 0 aromatic heterocycles. The number of carbonyl (C=O) groups excluding carboxylic acids is 4. The van der Waals surface area contributed by atoms with Crippen molar-refractivity contribution >= 4 is 52.4 Å². The molecular formula is C32H41N5O6S. The fourth-order valence-corrected chi connectivity index (χ4v) is 5.85. The molecule has 11 nitrogen and oxygen atoms in total. The third-order valence-electron chi connectivity index (χ3n) is 7.81. The molecule has 2 aromatic carbocycles. The lowest BCUT2D eigenvalue weighted by molar-refractivity contribution is -0.124. The number of piperidine rings is 1. The summed E-state index contributed by atoms with van der Waals surface area (Å²) in [5.74, 6) is -0.679. The number of amides is 3. The number of nitrogens with zero attached hydrogens (tertiary/aromatic N) is 3. The minimum atomic E-state index is -0.792. The Morgan fingerprint density at radius 1 is 1.00 bits per heavy atom. The average Bonchev–Trinajstić information content (AvgIpc) is 3.25. The van der Waals surface area contributed by atoms with Crippen molar-refractivity contribution in [2.24, 2.45) is 11.7 Å². The predicted molar refractivity (Wildman–Crippen MR) is 171 cm³/mol. The largest absolute Gasteiger partial charge is 0.494 e. The molecule has 0 unspecified atom stereocenters. The summed E-state index contributed by atoms with van der Waals surface area (Å²) in [4.78, 5) is 56.2. The van der Waals surface area contributed by atoms with Crippen LogP contribution in [-0.2, 0) is 19.1 Å². The quantitative estimate of drug-likeness (QED) is 0.239. The summed E-state index contributed by atoms with van der Waals surface area (Å²) in [5, 5.41) is 3.19. The maximum atomic E-state index is 13.8. The number of primary amides is 1. The van der Waals surface area contributed by atoms with Gasteiger partial charge in [-0.1, -0.05) is 6.92 Å². The van der Waals surface area contributed by atoms with Crippen LogP contribution in [-0.4, -0.2) is 84.0 Å². The zero-order valence-electron chi connectivity index (χ0n) is 25.3. The molecule has 2 saturated heterocycles. The second-order valence-corrected chi connectivity index (χ2v) is 11.3. The van der Waals surface area contributed by atoms with Crippen LogP contribution in [0.2, 0.25) is 0 Å². The SMILES string of the molecule is CCCOc1ccc(NC(=O)C[C@@H]2C(=O)N(c3ccc(C(=O)OCC)cc3)C(=S)N2CCCN2CCC(C(N)=O)CC2)cc1. The Morgan fingerprint density at radius 3 is 2.30 bits per heavy atom. The van der Waals surface area contributed by atoms with Crippen molar-refractivity contribution in [2.75, 3.05) is 49.6 Å². The van der Waals surface area contributed by atoms with E-state index in [9.17, 15) is 19.2 Å². The van der Waals surface area contributed by atoms with Crippen molar-refractivity contribution < 1.29 is 28.7 Å². The topological polar surface area (TPSA) is 135 Å². The third kappa shape index (κ3) is 8.32. The number of nitrogens with two attached hydrogens (primary N) is 1. The number of rotatable bonds is 14. The molecule has 0 spiro atoms. The summed E-state index contributed by atoms with van der Waals surface area (Å²) >= 11 is 5.80. The normalized spacial score (nSPS) is 17.5. The molecule has 2 aliphatic heterocycles. The molecule has 12 heteroatoms. The minimum Gasteiger partial charge on any atom is -0.494 e. The third-order valence-corrected chi connectivity index (χ3v) is 8.23. The molecule has 0 radical (unpaired) electrons. The fourth-order valence-electron chi connectivity index (χ4n) is 5.43. The molecule has 2 heterocycles. The summed E-state index contributed by atoms with van der Waals surface area (Å²) in [7, 11) is 0. The van der Waals surface area contributed by atoms with Crippen LogP contribution >= 0.6 is 12.2 Å². The van der Waals surface area contributed by atoms with Crippen LogP contribution in [0.1, 0.15) is 56.3 Å². The lowest BCUT2D eigenvalue weighted by Gasteiger charge is -2.31. The van der Waals surface area contributed by atoms with Crippen LogP contribution in [0.5, 0.6) is 5.75 Å². The summed E-state index contributed by atoms with van der Waals surface area (Å²) in [6, 6.07) is 12.8. The number of benzene rings is 2. The van der Waals surface area contributed by atoms with E-state index in [4.69, 9.17) is 27.4 Å². The summed E-state index contributed by atoms with van der Waals surface area (Å²) in [6.45, 7) is 7.43. The van der Waals surface area contributed by atoms with Gasteiger partial charge in [-0.25, -0.2) is 4.79 Å². The molecule has 1 atom stereocenters. The van der Waals surface area contributed by atoms with E-state index < -0.39 is 12.0 Å². The number of hydrogen-bond donors (Lipinski definition) is 2. The maximum Gasteiger partial charge on any atom is 0.338 e. The number of carbonyl (C=O) groups is 4. The van der Waals surface area contributed by atoms with Crippen molar-refractivity contribution in [1.29, 1.82) is 0 Å². The monoisotopic (exact) mass is 623 g/mol. The lowest BCUT2D eigenvalue weighted by Crippen LogP contribution is -2.41. The number of hydrogen-bond acceptors (Lipinski definition) is 8. The Bertz CT molecular complexity index is 1330. The Morgan fingerprint density at radius 2 is 1.68 bits per heavy atom. The van der Waals surface area contributed by atoms with Gasteiger partial charge in [0, 0.05) is 18.2 Å². The first-order valence-corrected chi connectivity index (χ1v) is 15.6. The second kappa shape index (κ2) is 15.6. The standard InChI is InChI=1S/C32H41N5O6S/c1-3-20-43-26-12-8-24(9-13-26)34-28(38)21-27-30(40)37(25-10-6-23(7-11-25)31(41)42-4-2)32(44)36(27)17-5-16-35-18-14-22(15-19-35)29(33)39/h6-13,22,27H,3-5,14-21H2,1-2H3,(H2,33,39)(H,34,38)/t27-/m1/s1. The van der Waals surface area contributed by atoms with Gasteiger partial charge in [-0.15, -0.1) is 0 Å². The maximum absolute atomic E-state index is 13.8. The Balaban J connectivity index is 1.45. The van der Waals surface area contributed by atoms with E-state index in [1.54, 1.807) is 55.5 Å². The van der Waals surface area contributed by atoms with Gasteiger partial charge >= 0.3 is 5.97 Å². The first-order valence-electron chi connectivity index (χ1n) is 15.2. The molecular weight excluding hydrogens is 582 g/mol. The van der Waals surface area contributed by atoms with Crippen LogP contribution in [0.3, 0.4) is 0 Å². The van der Waals surface area contributed by atoms with Crippen LogP contribution in [0.25, 0.3) is 0 Å². The Kier molecular flexibility index (Phi) is 11.7. The fraction of sp³-hybridized carbons (Fsp3) is 0.469. The molecule has 2 fully saturated rings. The summed E-state index contributed by atoms with van der Waals surface area (Å²) < 4.78 is 10.7. The molecule has 3 N–H and O–H groups in total. The molecule has 2 aromatic rings. The molecule has 236 valence electrons. The molecule has 0 aliphatic carbocycles. The molecule has 0 saturated carbocycles. The van der Waals surface area contributed by atoms with Crippen molar-refractivity contribution in [3.05, 3.63) is 54.1 Å². The zero-order valence-corrected chi connectivity index (χ0v) is 26.1. The first kappa shape index (κ1) is 32.9. The molecule has 3 amide bonds. The highest BCUT2D eigenvalue weighted by molar-refractivity contribution is 7.80. The van der Waals surface area contributed by atoms with E-state index in [2.05, 4.69) is 10.2 Å². The van der Waals surface area contributed by atoms with Gasteiger partial charge in [0.2, 0.25) is 11.8 Å². The summed E-state index contributed by atoms with van der Waals surface area (Å²) in [5.41, 5.74) is 6.95. The number of esters is 1. The van der Waals surface area contributed by atoms with Crippen molar-refractivity contribution in [2.45, 2.75) is 52.0 Å². The van der Waals surface area contributed by atoms with Crippen LogP contribution in [0, 0.1) is 5.92 Å². The van der Waals surface area contributed by atoms with Gasteiger partial charge in [-0.3, -0.25) is 19.3 Å². The van der Waals surface area contributed by atoms with E-state index in [0.717, 1.165) is 44.6 Å². The van der Waals surface area contributed by atoms with Crippen LogP contribution < -0.4 is 20.7 Å². The number of ether oxygens (including phenoxy) is 2. The second-order valence-electron chi connectivity index (χ2n) is 10.9. The van der Waals surface area contributed by atoms with E-state index in [0.29, 0.717) is 41.6 Å². The number of likely N-dealkylation sites (tertiary alicyclic amines) is 1. The highest BCUT2D eigenvalue weighted by atomic mass is 32.1. The Hall–Kier alpha value is -4.03. The van der Waals surface area contributed by atoms with Gasteiger partial charge in [-0.2, -0.15) is 0 Å². The lowest BCUT2D eigenvalue weighted by atomic mass is 9.96. The van der Waals surface area contributed by atoms with Crippen molar-refractivity contribution in [3.63, 3.8) is 0 Å². The van der Waals surface area contributed by atoms with Gasteiger partial charge in [0.05, 0.1) is 30.9 Å². The number of thiocarbonyl (C=S) groups is 1. The van der Waals surface area contributed by atoms with E-state index in [1.165, 1.54) is 4.90 Å². The molecule has 4 rings (SSSR count). The van der Waals surface area contributed by atoms with Gasteiger partial charge in [0.1, 0.15) is 11.8 Å². The van der Waals surface area contributed by atoms with Crippen molar-refractivity contribution in [1.82, 2.24) is 9.80 Å². The van der Waals surface area contributed by atoms with E-state index in [-0.39, 0.29) is 36.7 Å². The molecule has 2 aliphatic rings. The Labute approximate surface area is 263 Å². The van der Waals surface area contributed by atoms with Gasteiger partial charge in [0.15, 0.2) is 5.11 Å². The van der Waals surface area contributed by atoms with Gasteiger partial charge in [-0.05, 0) is 113 Å². The van der Waals surface area contributed by atoms with Crippen LogP contribution in [0.15, 0.2) is 48.5 Å². The molecule has 44 heavy (non-hydrogen) atoms. The zero-order chi connectivity index (χ0) is 31.6. The highest BCUT2D eigenvalue weighted by Gasteiger charge is 2.44. The van der Waals surface area contributed by atoms with E-state index in [1.807, 2.05) is 11.8 Å². The summed E-state index contributed by atoms with van der Waals surface area (Å²) in [6.07, 6.45) is 2.99. The van der Waals surface area contributed by atoms with E-state index >= 15 is 0 Å². The first-order chi connectivity index (χ1) is 21.2. The molecule has 0 bridgehead atoms. The van der Waals surface area contributed by atoms with Crippen molar-refractivity contribution in [3.8, 4) is 5.75 Å². The smallest absolute Gasteiger partial charge is 0.338 e. The predicted octanol–water partition coefficient (Wildman–Crippen LogP) is 3.57. The highest BCUT2D eigenvalue weighted by Crippen LogP contribution is 2.29. The minimum absolute atomic E-state index is 0.0817. The van der Waals surface area contributed by atoms with Gasteiger partial charge in [0.25, 0.3) is 5.91 Å². The number of anilines is 2. The van der Waals surface area contributed by atoms with Gasteiger partial charge < -0.3 is 30.3 Å².